The van der Waals surface area contributed by atoms with E-state index in [4.69, 9.17) is 10.2 Å². The van der Waals surface area contributed by atoms with Gasteiger partial charge >= 0.3 is 5.97 Å². The molecule has 0 aliphatic carbocycles. The Balaban J connectivity index is 2.23. The van der Waals surface area contributed by atoms with E-state index in [9.17, 15) is 18.0 Å². The third-order valence-corrected chi connectivity index (χ3v) is 4.08. The number of sulfonamides is 1. The van der Waals surface area contributed by atoms with Crippen molar-refractivity contribution in [3.63, 3.8) is 0 Å². The van der Waals surface area contributed by atoms with Crippen molar-refractivity contribution < 1.29 is 23.1 Å². The number of carboxylic acid groups (broad SMARTS) is 1. The van der Waals surface area contributed by atoms with Crippen molar-refractivity contribution in [3.05, 3.63) is 35.4 Å². The Morgan fingerprint density at radius 3 is 2.71 bits per heavy atom. The number of carbonyl (C=O) groups is 2. The standard InChI is InChI=1S/C13H16N2O5S/c14-21(19,20)8-9-3-1-4-10(7-9)12(16)15-6-2-5-11(15)13(17)18/h1,3-4,7,11H,2,5-6,8H2,(H,17,18)(H2,14,19,20)/t11-/m0/s1. The van der Waals surface area contributed by atoms with Gasteiger partial charge in [0, 0.05) is 12.1 Å². The Morgan fingerprint density at radius 2 is 2.10 bits per heavy atom. The number of likely N-dealkylation sites (tertiary alicyclic amines) is 1. The van der Waals surface area contributed by atoms with Crippen molar-refractivity contribution in [2.45, 2.75) is 24.6 Å². The highest BCUT2D eigenvalue weighted by Gasteiger charge is 2.34. The highest BCUT2D eigenvalue weighted by molar-refractivity contribution is 7.88. The molecule has 0 spiro atoms. The van der Waals surface area contributed by atoms with Crippen LogP contribution in [-0.2, 0) is 20.6 Å². The maximum atomic E-state index is 12.4. The molecule has 1 aliphatic rings. The molecule has 1 saturated heterocycles. The SMILES string of the molecule is NS(=O)(=O)Cc1cccc(C(=O)N2CCC[C@H]2C(=O)O)c1. The van der Waals surface area contributed by atoms with Gasteiger partial charge in [-0.05, 0) is 30.5 Å². The fourth-order valence-corrected chi connectivity index (χ4v) is 3.10. The maximum absolute atomic E-state index is 12.4. The fourth-order valence-electron chi connectivity index (χ4n) is 2.46. The third-order valence-electron chi connectivity index (χ3n) is 3.34. The van der Waals surface area contributed by atoms with E-state index in [0.717, 1.165) is 0 Å². The van der Waals surface area contributed by atoms with Crippen LogP contribution in [0.1, 0.15) is 28.8 Å². The molecule has 21 heavy (non-hydrogen) atoms. The molecular formula is C13H16N2O5S. The van der Waals surface area contributed by atoms with E-state index in [1.807, 2.05) is 0 Å². The second kappa shape index (κ2) is 5.82. The summed E-state index contributed by atoms with van der Waals surface area (Å²) in [6, 6.07) is 5.26. The summed E-state index contributed by atoms with van der Waals surface area (Å²) < 4.78 is 22.2. The molecule has 1 aromatic carbocycles. The van der Waals surface area contributed by atoms with Crippen LogP contribution in [0.25, 0.3) is 0 Å². The predicted molar refractivity (Wildman–Crippen MR) is 74.9 cm³/mol. The number of nitrogens with zero attached hydrogens (tertiary/aromatic N) is 1. The van der Waals surface area contributed by atoms with Crippen LogP contribution in [0.3, 0.4) is 0 Å². The van der Waals surface area contributed by atoms with Crippen LogP contribution in [-0.4, -0.2) is 42.9 Å². The molecule has 1 atom stereocenters. The summed E-state index contributed by atoms with van der Waals surface area (Å²) in [7, 11) is -3.68. The summed E-state index contributed by atoms with van der Waals surface area (Å²) in [5.74, 6) is -1.80. The van der Waals surface area contributed by atoms with Crippen molar-refractivity contribution in [1.29, 1.82) is 0 Å². The summed E-state index contributed by atoms with van der Waals surface area (Å²) in [5.41, 5.74) is 0.665. The molecule has 114 valence electrons. The highest BCUT2D eigenvalue weighted by Crippen LogP contribution is 2.21. The fraction of sp³-hybridized carbons (Fsp3) is 0.385. The number of carboxylic acids is 1. The molecule has 1 aliphatic heterocycles. The summed E-state index contributed by atoms with van der Waals surface area (Å²) in [4.78, 5) is 24.8. The largest absolute Gasteiger partial charge is 0.480 e. The maximum Gasteiger partial charge on any atom is 0.326 e. The second-order valence-electron chi connectivity index (χ2n) is 5.00. The Bertz CT molecular complexity index is 671. The lowest BCUT2D eigenvalue weighted by atomic mass is 10.1. The molecule has 2 rings (SSSR count). The van der Waals surface area contributed by atoms with E-state index in [1.54, 1.807) is 12.1 Å². The molecule has 1 amide bonds. The van der Waals surface area contributed by atoms with Gasteiger partial charge in [-0.2, -0.15) is 0 Å². The number of nitrogens with two attached hydrogens (primary N) is 1. The number of aliphatic carboxylic acids is 1. The summed E-state index contributed by atoms with van der Waals surface area (Å²) >= 11 is 0. The number of hydrogen-bond acceptors (Lipinski definition) is 4. The van der Waals surface area contributed by atoms with Crippen LogP contribution in [0.5, 0.6) is 0 Å². The van der Waals surface area contributed by atoms with Crippen LogP contribution < -0.4 is 5.14 Å². The Morgan fingerprint density at radius 1 is 1.38 bits per heavy atom. The molecule has 1 aromatic rings. The Hall–Kier alpha value is -1.93. The molecule has 0 saturated carbocycles. The van der Waals surface area contributed by atoms with E-state index in [2.05, 4.69) is 0 Å². The predicted octanol–water partition coefficient (Wildman–Crippen LogP) is 0.164. The number of benzene rings is 1. The lowest BCUT2D eigenvalue weighted by Crippen LogP contribution is -2.40. The van der Waals surface area contributed by atoms with Crippen LogP contribution in [0, 0.1) is 0 Å². The molecule has 0 radical (unpaired) electrons. The molecule has 3 N–H and O–H groups in total. The number of hydrogen-bond donors (Lipinski definition) is 2. The van der Waals surface area contributed by atoms with Gasteiger partial charge in [-0.15, -0.1) is 0 Å². The van der Waals surface area contributed by atoms with Gasteiger partial charge in [-0.1, -0.05) is 12.1 Å². The van der Waals surface area contributed by atoms with E-state index in [0.29, 0.717) is 24.9 Å². The number of amides is 1. The zero-order valence-electron chi connectivity index (χ0n) is 11.2. The van der Waals surface area contributed by atoms with Crippen molar-refractivity contribution in [2.75, 3.05) is 6.54 Å². The van der Waals surface area contributed by atoms with Crippen LogP contribution in [0.2, 0.25) is 0 Å². The molecule has 1 heterocycles. The second-order valence-corrected chi connectivity index (χ2v) is 6.62. The minimum Gasteiger partial charge on any atom is -0.480 e. The summed E-state index contributed by atoms with van der Waals surface area (Å²) in [6.45, 7) is 0.384. The van der Waals surface area contributed by atoms with E-state index < -0.39 is 27.9 Å². The van der Waals surface area contributed by atoms with Gasteiger partial charge in [-0.3, -0.25) is 4.79 Å². The van der Waals surface area contributed by atoms with Crippen LogP contribution in [0.15, 0.2) is 24.3 Å². The molecular weight excluding hydrogens is 296 g/mol. The zero-order chi connectivity index (χ0) is 15.6. The quantitative estimate of drug-likeness (QED) is 0.821. The number of primary sulfonamides is 1. The Kier molecular flexibility index (Phi) is 4.29. The molecule has 1 fully saturated rings. The lowest BCUT2D eigenvalue weighted by Gasteiger charge is -2.21. The zero-order valence-corrected chi connectivity index (χ0v) is 12.0. The van der Waals surface area contributed by atoms with Gasteiger partial charge in [0.2, 0.25) is 10.0 Å². The van der Waals surface area contributed by atoms with Gasteiger partial charge in [0.25, 0.3) is 5.91 Å². The first-order valence-corrected chi connectivity index (χ1v) is 8.12. The summed E-state index contributed by atoms with van der Waals surface area (Å²) in [6.07, 6.45) is 1.07. The number of rotatable bonds is 4. The first kappa shape index (κ1) is 15.5. The molecule has 0 bridgehead atoms. The Labute approximate surface area is 122 Å². The smallest absolute Gasteiger partial charge is 0.326 e. The van der Waals surface area contributed by atoms with Gasteiger partial charge in [0.05, 0.1) is 5.75 Å². The van der Waals surface area contributed by atoms with E-state index >= 15 is 0 Å². The van der Waals surface area contributed by atoms with Gasteiger partial charge in [-0.25, -0.2) is 18.4 Å². The summed E-state index contributed by atoms with van der Waals surface area (Å²) in [5, 5.41) is 14.1. The average molecular weight is 312 g/mol. The van der Waals surface area contributed by atoms with Gasteiger partial charge < -0.3 is 10.0 Å². The highest BCUT2D eigenvalue weighted by atomic mass is 32.2. The van der Waals surface area contributed by atoms with Crippen LogP contribution in [0.4, 0.5) is 0 Å². The first-order valence-electron chi connectivity index (χ1n) is 6.41. The van der Waals surface area contributed by atoms with Crippen LogP contribution >= 0.6 is 0 Å². The minimum atomic E-state index is -3.68. The lowest BCUT2D eigenvalue weighted by molar-refractivity contribution is -0.141. The number of carbonyl (C=O) groups excluding carboxylic acids is 1. The van der Waals surface area contributed by atoms with Gasteiger partial charge in [0.1, 0.15) is 6.04 Å². The molecule has 0 aromatic heterocycles. The first-order chi connectivity index (χ1) is 9.78. The van der Waals surface area contributed by atoms with Crippen molar-refractivity contribution in [1.82, 2.24) is 4.90 Å². The molecule has 0 unspecified atom stereocenters. The minimum absolute atomic E-state index is 0.268. The molecule has 7 nitrogen and oxygen atoms in total. The average Bonchev–Trinajstić information content (AvgIpc) is 2.85. The van der Waals surface area contributed by atoms with E-state index in [1.165, 1.54) is 17.0 Å². The normalized spacial score (nSPS) is 18.7. The van der Waals surface area contributed by atoms with Crippen molar-refractivity contribution in [2.24, 2.45) is 5.14 Å². The van der Waals surface area contributed by atoms with Gasteiger partial charge in [0.15, 0.2) is 0 Å². The topological polar surface area (TPSA) is 118 Å². The monoisotopic (exact) mass is 312 g/mol. The van der Waals surface area contributed by atoms with Crippen molar-refractivity contribution in [3.8, 4) is 0 Å². The van der Waals surface area contributed by atoms with Crippen molar-refractivity contribution >= 4 is 21.9 Å². The molecule has 8 heteroatoms. The third kappa shape index (κ3) is 3.79. The van der Waals surface area contributed by atoms with E-state index in [-0.39, 0.29) is 11.3 Å².